The van der Waals surface area contributed by atoms with E-state index in [1.165, 1.54) is 0 Å². The van der Waals surface area contributed by atoms with Crippen molar-refractivity contribution in [3.8, 4) is 0 Å². The van der Waals surface area contributed by atoms with Gasteiger partial charge in [-0.3, -0.25) is 9.48 Å². The first kappa shape index (κ1) is 19.7. The van der Waals surface area contributed by atoms with Gasteiger partial charge in [-0.05, 0) is 45.6 Å². The van der Waals surface area contributed by atoms with Gasteiger partial charge in [-0.15, -0.1) is 0 Å². The normalized spacial score (nSPS) is 16.3. The Morgan fingerprint density at radius 2 is 1.87 bits per heavy atom. The van der Waals surface area contributed by atoms with Crippen molar-refractivity contribution in [1.82, 2.24) is 15.1 Å². The molecule has 1 heterocycles. The highest BCUT2D eigenvalue weighted by Gasteiger charge is 2.29. The summed E-state index contributed by atoms with van der Waals surface area (Å²) in [5.74, 6) is 0.158. The van der Waals surface area contributed by atoms with Gasteiger partial charge in [0.05, 0.1) is 11.1 Å². The Morgan fingerprint density at radius 1 is 1.30 bits per heavy atom. The van der Waals surface area contributed by atoms with E-state index in [4.69, 9.17) is 0 Å². The summed E-state index contributed by atoms with van der Waals surface area (Å²) in [6.45, 7) is 16.4. The van der Waals surface area contributed by atoms with Gasteiger partial charge in [0.2, 0.25) is 0 Å². The Labute approximate surface area is 140 Å². The monoisotopic (exact) mass is 323 g/mol. The van der Waals surface area contributed by atoms with Gasteiger partial charge in [0, 0.05) is 12.2 Å². The van der Waals surface area contributed by atoms with Crippen LogP contribution in [0.2, 0.25) is 0 Å². The predicted octanol–water partition coefficient (Wildman–Crippen LogP) is 3.29. The average molecular weight is 323 g/mol. The molecule has 0 saturated heterocycles. The van der Waals surface area contributed by atoms with Gasteiger partial charge in [-0.25, -0.2) is 0 Å². The van der Waals surface area contributed by atoms with E-state index in [-0.39, 0.29) is 29.8 Å². The van der Waals surface area contributed by atoms with E-state index in [0.717, 1.165) is 12.1 Å². The second-order valence-corrected chi connectivity index (χ2v) is 8.04. The number of aliphatic hydroxyl groups is 1. The number of nitrogens with one attached hydrogen (secondary N) is 1. The second-order valence-electron chi connectivity index (χ2n) is 8.04. The molecule has 2 N–H and O–H groups in total. The fraction of sp³-hybridized carbons (Fsp3) is 0.778. The highest BCUT2D eigenvalue weighted by molar-refractivity contribution is 5.92. The number of carbonyl (C=O) groups excluding carboxylic acids is 1. The third-order valence-electron chi connectivity index (χ3n) is 4.48. The smallest absolute Gasteiger partial charge is 0.271 e. The number of rotatable bonds is 6. The maximum absolute atomic E-state index is 12.4. The van der Waals surface area contributed by atoms with Crippen molar-refractivity contribution in [1.29, 1.82) is 0 Å². The molecular weight excluding hydrogens is 290 g/mol. The van der Waals surface area contributed by atoms with Crippen LogP contribution in [-0.4, -0.2) is 32.9 Å². The van der Waals surface area contributed by atoms with E-state index in [1.807, 2.05) is 24.6 Å². The molecule has 132 valence electrons. The molecule has 0 aromatic carbocycles. The molecule has 2 atom stereocenters. The molecule has 1 aromatic heterocycles. The molecule has 0 radical (unpaired) electrons. The van der Waals surface area contributed by atoms with Crippen LogP contribution in [0.25, 0.3) is 0 Å². The molecule has 1 rings (SSSR count). The minimum absolute atomic E-state index is 0.112. The minimum atomic E-state index is -0.919. The molecule has 0 spiro atoms. The summed E-state index contributed by atoms with van der Waals surface area (Å²) in [6, 6.07) is 1.85. The first-order chi connectivity index (χ1) is 10.4. The van der Waals surface area contributed by atoms with Crippen molar-refractivity contribution in [3.63, 3.8) is 0 Å². The SMILES string of the molecule is CCC(C)C(C)(O)CNC(=O)c1cc(C(C)C)n(C(C)(C)C)n1. The van der Waals surface area contributed by atoms with Gasteiger partial charge >= 0.3 is 0 Å². The van der Waals surface area contributed by atoms with Crippen LogP contribution in [0.15, 0.2) is 6.07 Å². The topological polar surface area (TPSA) is 67.2 Å². The largest absolute Gasteiger partial charge is 0.388 e. The number of nitrogens with zero attached hydrogens (tertiary/aromatic N) is 2. The number of aromatic nitrogens is 2. The maximum Gasteiger partial charge on any atom is 0.271 e. The molecule has 0 saturated carbocycles. The molecule has 5 heteroatoms. The zero-order chi connectivity index (χ0) is 18.0. The van der Waals surface area contributed by atoms with E-state index < -0.39 is 5.60 Å². The first-order valence-corrected chi connectivity index (χ1v) is 8.51. The van der Waals surface area contributed by atoms with E-state index >= 15 is 0 Å². The van der Waals surface area contributed by atoms with Crippen molar-refractivity contribution < 1.29 is 9.90 Å². The third-order valence-corrected chi connectivity index (χ3v) is 4.48. The molecule has 0 fully saturated rings. The standard InChI is InChI=1S/C18H33N3O2/c1-9-13(4)18(8,23)11-19-16(22)14-10-15(12(2)3)21(20-14)17(5,6)7/h10,12-13,23H,9,11H2,1-8H3,(H,19,22). The zero-order valence-electron chi connectivity index (χ0n) is 15.9. The van der Waals surface area contributed by atoms with E-state index in [1.54, 1.807) is 6.92 Å². The van der Waals surface area contributed by atoms with E-state index in [0.29, 0.717) is 5.69 Å². The summed E-state index contributed by atoms with van der Waals surface area (Å²) in [5, 5.41) is 17.7. The number of carbonyl (C=O) groups is 1. The molecule has 2 unspecified atom stereocenters. The Bertz CT molecular complexity index is 539. The molecule has 5 nitrogen and oxygen atoms in total. The van der Waals surface area contributed by atoms with Crippen molar-refractivity contribution in [3.05, 3.63) is 17.5 Å². The molecule has 1 aromatic rings. The van der Waals surface area contributed by atoms with Crippen LogP contribution in [0.3, 0.4) is 0 Å². The third kappa shape index (κ3) is 4.80. The van der Waals surface area contributed by atoms with Crippen molar-refractivity contribution in [2.24, 2.45) is 5.92 Å². The Kier molecular flexibility index (Phi) is 6.02. The quantitative estimate of drug-likeness (QED) is 0.844. The van der Waals surface area contributed by atoms with Crippen molar-refractivity contribution in [2.75, 3.05) is 6.54 Å². The lowest BCUT2D eigenvalue weighted by molar-refractivity contribution is 0.00586. The fourth-order valence-corrected chi connectivity index (χ4v) is 2.42. The fourth-order valence-electron chi connectivity index (χ4n) is 2.42. The zero-order valence-corrected chi connectivity index (χ0v) is 15.9. The molecule has 0 bridgehead atoms. The Balaban J connectivity index is 2.94. The van der Waals surface area contributed by atoms with Crippen LogP contribution in [0.1, 0.15) is 83.9 Å². The lowest BCUT2D eigenvalue weighted by Gasteiger charge is -2.29. The van der Waals surface area contributed by atoms with Crippen LogP contribution in [0.5, 0.6) is 0 Å². The maximum atomic E-state index is 12.4. The van der Waals surface area contributed by atoms with E-state index in [9.17, 15) is 9.90 Å². The summed E-state index contributed by atoms with van der Waals surface area (Å²) in [6.07, 6.45) is 0.860. The highest BCUT2D eigenvalue weighted by Crippen LogP contribution is 2.24. The summed E-state index contributed by atoms with van der Waals surface area (Å²) in [5.41, 5.74) is 0.345. The number of hydrogen-bond acceptors (Lipinski definition) is 3. The summed E-state index contributed by atoms with van der Waals surface area (Å²) in [7, 11) is 0. The molecule has 23 heavy (non-hydrogen) atoms. The van der Waals surface area contributed by atoms with Gasteiger partial charge in [-0.1, -0.05) is 34.1 Å². The van der Waals surface area contributed by atoms with Crippen LogP contribution in [0.4, 0.5) is 0 Å². The Morgan fingerprint density at radius 3 is 2.26 bits per heavy atom. The average Bonchev–Trinajstić information content (AvgIpc) is 2.89. The molecule has 0 aliphatic rings. The molecule has 0 aliphatic carbocycles. The number of amides is 1. The van der Waals surface area contributed by atoms with Gasteiger partial charge < -0.3 is 10.4 Å². The van der Waals surface area contributed by atoms with Gasteiger partial charge in [0.25, 0.3) is 5.91 Å². The highest BCUT2D eigenvalue weighted by atomic mass is 16.3. The molecule has 1 amide bonds. The van der Waals surface area contributed by atoms with Gasteiger partial charge in [0.15, 0.2) is 0 Å². The second kappa shape index (κ2) is 7.04. The van der Waals surface area contributed by atoms with Gasteiger partial charge in [0.1, 0.15) is 5.69 Å². The van der Waals surface area contributed by atoms with Crippen molar-refractivity contribution >= 4 is 5.91 Å². The van der Waals surface area contributed by atoms with Crippen LogP contribution >= 0.6 is 0 Å². The lowest BCUT2D eigenvalue weighted by atomic mass is 9.88. The molecule has 0 aliphatic heterocycles. The Hall–Kier alpha value is -1.36. The summed E-state index contributed by atoms with van der Waals surface area (Å²) >= 11 is 0. The minimum Gasteiger partial charge on any atom is -0.388 e. The van der Waals surface area contributed by atoms with Crippen LogP contribution in [-0.2, 0) is 5.54 Å². The van der Waals surface area contributed by atoms with Crippen LogP contribution < -0.4 is 5.32 Å². The molecular formula is C18H33N3O2. The van der Waals surface area contributed by atoms with Gasteiger partial charge in [-0.2, -0.15) is 5.10 Å². The summed E-state index contributed by atoms with van der Waals surface area (Å²) < 4.78 is 1.92. The summed E-state index contributed by atoms with van der Waals surface area (Å²) in [4.78, 5) is 12.4. The predicted molar refractivity (Wildman–Crippen MR) is 93.7 cm³/mol. The van der Waals surface area contributed by atoms with Crippen LogP contribution in [0, 0.1) is 5.92 Å². The lowest BCUT2D eigenvalue weighted by Crippen LogP contribution is -2.45. The first-order valence-electron chi connectivity index (χ1n) is 8.51. The number of hydrogen-bond donors (Lipinski definition) is 2. The van der Waals surface area contributed by atoms with Crippen molar-refractivity contribution in [2.45, 2.75) is 78.9 Å². The van der Waals surface area contributed by atoms with E-state index in [2.05, 4.69) is 45.0 Å².